The standard InChI is InChI=1S/C19H21N3O5.C10H10BrN3O2/c1-6-27-19(23)15-10(2)21-18-16(15)22-12(9-20-18)11-7-13(24-3)17(26-5)14(8-11)25-4;1-3-16-10(15)7-5(2)13-9-8(7)14-6(11)4-12-9/h7-9H,6H2,1-5H3,(H,20,21);4H,3H2,1-2H3,(H,12,13). The second-order valence-corrected chi connectivity index (χ2v) is 9.76. The predicted molar refractivity (Wildman–Crippen MR) is 162 cm³/mol. The highest BCUT2D eigenvalue weighted by Crippen LogP contribution is 2.41. The van der Waals surface area contributed by atoms with Crippen LogP contribution >= 0.6 is 15.9 Å². The molecule has 226 valence electrons. The maximum Gasteiger partial charge on any atom is 0.342 e. The Labute approximate surface area is 255 Å². The number of nitrogens with one attached hydrogen (secondary N) is 2. The molecule has 43 heavy (non-hydrogen) atoms. The van der Waals surface area contributed by atoms with E-state index in [0.29, 0.717) is 84.6 Å². The van der Waals surface area contributed by atoms with Crippen LogP contribution in [-0.4, -0.2) is 76.4 Å². The van der Waals surface area contributed by atoms with Gasteiger partial charge in [0.15, 0.2) is 22.8 Å². The number of H-pyrrole nitrogens is 2. The van der Waals surface area contributed by atoms with Gasteiger partial charge in [-0.15, -0.1) is 0 Å². The van der Waals surface area contributed by atoms with E-state index in [1.807, 2.05) is 0 Å². The fraction of sp³-hybridized carbons (Fsp3) is 0.310. The van der Waals surface area contributed by atoms with Gasteiger partial charge in [0, 0.05) is 17.0 Å². The van der Waals surface area contributed by atoms with Crippen molar-refractivity contribution in [2.75, 3.05) is 34.5 Å². The number of hydrogen-bond donors (Lipinski definition) is 2. The molecular formula is C29H31BrN6O7. The summed E-state index contributed by atoms with van der Waals surface area (Å²) in [6, 6.07) is 3.56. The van der Waals surface area contributed by atoms with Crippen LogP contribution in [0, 0.1) is 13.8 Å². The zero-order chi connectivity index (χ0) is 31.3. The first-order valence-corrected chi connectivity index (χ1v) is 14.0. The maximum absolute atomic E-state index is 12.3. The van der Waals surface area contributed by atoms with Gasteiger partial charge in [0.25, 0.3) is 0 Å². The van der Waals surface area contributed by atoms with Crippen molar-refractivity contribution in [1.82, 2.24) is 29.9 Å². The van der Waals surface area contributed by atoms with Crippen LogP contribution in [0.25, 0.3) is 33.6 Å². The first-order valence-electron chi connectivity index (χ1n) is 13.2. The van der Waals surface area contributed by atoms with Crippen molar-refractivity contribution < 1.29 is 33.3 Å². The molecule has 1 aromatic carbocycles. The molecule has 0 bridgehead atoms. The SMILES string of the molecule is CCOC(=O)c1c(C)[nH]c2ncc(-c3cc(OC)c(OC)c(OC)c3)nc12.CCOC(=O)c1c(C)[nH]c2ncc(Br)nc12. The molecule has 0 aliphatic carbocycles. The van der Waals surface area contributed by atoms with Gasteiger partial charge in [0.05, 0.1) is 52.6 Å². The number of esters is 2. The number of carbonyl (C=O) groups is 2. The molecule has 0 atom stereocenters. The Morgan fingerprint density at radius 1 is 0.767 bits per heavy atom. The van der Waals surface area contributed by atoms with Gasteiger partial charge in [-0.1, -0.05) is 0 Å². The van der Waals surface area contributed by atoms with Crippen LogP contribution in [0.15, 0.2) is 29.1 Å². The van der Waals surface area contributed by atoms with Crippen LogP contribution in [0.2, 0.25) is 0 Å². The minimum atomic E-state index is -0.433. The van der Waals surface area contributed by atoms with Gasteiger partial charge < -0.3 is 33.7 Å². The van der Waals surface area contributed by atoms with E-state index in [1.165, 1.54) is 0 Å². The van der Waals surface area contributed by atoms with Gasteiger partial charge >= 0.3 is 11.9 Å². The van der Waals surface area contributed by atoms with E-state index >= 15 is 0 Å². The Balaban J connectivity index is 0.000000225. The molecule has 0 aliphatic heterocycles. The molecule has 5 aromatic rings. The zero-order valence-electron chi connectivity index (χ0n) is 24.7. The fourth-order valence-electron chi connectivity index (χ4n) is 4.40. The largest absolute Gasteiger partial charge is 0.493 e. The highest BCUT2D eigenvalue weighted by Gasteiger charge is 2.22. The highest BCUT2D eigenvalue weighted by molar-refractivity contribution is 9.10. The van der Waals surface area contributed by atoms with Gasteiger partial charge in [-0.2, -0.15) is 0 Å². The number of fused-ring (bicyclic) bond motifs is 2. The van der Waals surface area contributed by atoms with Crippen molar-refractivity contribution in [2.45, 2.75) is 27.7 Å². The third kappa shape index (κ3) is 6.38. The van der Waals surface area contributed by atoms with Gasteiger partial charge in [-0.3, -0.25) is 0 Å². The van der Waals surface area contributed by atoms with E-state index in [9.17, 15) is 9.59 Å². The molecule has 0 aliphatic rings. The fourth-order valence-corrected chi connectivity index (χ4v) is 4.68. The summed E-state index contributed by atoms with van der Waals surface area (Å²) < 4.78 is 26.8. The first-order chi connectivity index (χ1) is 20.7. The lowest BCUT2D eigenvalue weighted by molar-refractivity contribution is 0.0517. The van der Waals surface area contributed by atoms with Crippen molar-refractivity contribution in [3.8, 4) is 28.5 Å². The topological polar surface area (TPSA) is 163 Å². The van der Waals surface area contributed by atoms with Crippen LogP contribution in [-0.2, 0) is 9.47 Å². The van der Waals surface area contributed by atoms with Crippen molar-refractivity contribution in [2.24, 2.45) is 0 Å². The van der Waals surface area contributed by atoms with Crippen molar-refractivity contribution in [3.63, 3.8) is 0 Å². The van der Waals surface area contributed by atoms with Crippen LogP contribution in [0.5, 0.6) is 17.2 Å². The van der Waals surface area contributed by atoms with Crippen LogP contribution in [0.3, 0.4) is 0 Å². The maximum atomic E-state index is 12.3. The Morgan fingerprint density at radius 3 is 1.72 bits per heavy atom. The Morgan fingerprint density at radius 2 is 1.26 bits per heavy atom. The summed E-state index contributed by atoms with van der Waals surface area (Å²) in [5.74, 6) is 0.688. The minimum absolute atomic E-state index is 0.283. The molecular weight excluding hydrogens is 624 g/mol. The molecule has 5 rings (SSSR count). The van der Waals surface area contributed by atoms with Crippen molar-refractivity contribution in [3.05, 3.63) is 51.6 Å². The Bertz CT molecular complexity index is 1770. The second-order valence-electron chi connectivity index (χ2n) is 8.95. The lowest BCUT2D eigenvalue weighted by Gasteiger charge is -2.13. The summed E-state index contributed by atoms with van der Waals surface area (Å²) in [4.78, 5) is 47.5. The smallest absolute Gasteiger partial charge is 0.342 e. The molecule has 4 aromatic heterocycles. The molecule has 0 saturated heterocycles. The first kappa shape index (κ1) is 31.2. The molecule has 14 heteroatoms. The number of nitrogens with zero attached hydrogens (tertiary/aromatic N) is 4. The van der Waals surface area contributed by atoms with Crippen LogP contribution < -0.4 is 14.2 Å². The number of aromatic nitrogens is 6. The molecule has 0 fully saturated rings. The van der Waals surface area contributed by atoms with E-state index < -0.39 is 5.97 Å². The summed E-state index contributed by atoms with van der Waals surface area (Å²) in [5, 5.41) is 0. The third-order valence-corrected chi connectivity index (χ3v) is 6.65. The average molecular weight is 656 g/mol. The summed E-state index contributed by atoms with van der Waals surface area (Å²) in [5.41, 5.74) is 5.58. The Hall–Kier alpha value is -4.72. The minimum Gasteiger partial charge on any atom is -0.493 e. The average Bonchev–Trinajstić information content (AvgIpc) is 3.50. The molecule has 0 saturated carbocycles. The quantitative estimate of drug-likeness (QED) is 0.207. The van der Waals surface area contributed by atoms with E-state index in [-0.39, 0.29) is 12.6 Å². The molecule has 2 N–H and O–H groups in total. The summed E-state index contributed by atoms with van der Waals surface area (Å²) in [6.45, 7) is 7.73. The molecule has 4 heterocycles. The normalized spacial score (nSPS) is 10.7. The zero-order valence-corrected chi connectivity index (χ0v) is 26.3. The lowest BCUT2D eigenvalue weighted by Crippen LogP contribution is -2.06. The van der Waals surface area contributed by atoms with Gasteiger partial charge in [-0.25, -0.2) is 29.5 Å². The summed E-state index contributed by atoms with van der Waals surface area (Å²) in [7, 11) is 4.63. The number of carbonyl (C=O) groups excluding carboxylic acids is 2. The number of benzene rings is 1. The summed E-state index contributed by atoms with van der Waals surface area (Å²) >= 11 is 3.22. The predicted octanol–water partition coefficient (Wildman–Crippen LogP) is 5.34. The molecule has 0 amide bonds. The number of aromatic amines is 2. The van der Waals surface area contributed by atoms with E-state index in [4.69, 9.17) is 23.7 Å². The van der Waals surface area contributed by atoms with Gasteiger partial charge in [0.1, 0.15) is 26.8 Å². The number of rotatable bonds is 8. The lowest BCUT2D eigenvalue weighted by atomic mass is 10.1. The second kappa shape index (κ2) is 13.5. The number of hydrogen-bond acceptors (Lipinski definition) is 11. The molecule has 0 radical (unpaired) electrons. The number of halogens is 1. The van der Waals surface area contributed by atoms with E-state index in [0.717, 1.165) is 0 Å². The summed E-state index contributed by atoms with van der Waals surface area (Å²) in [6.07, 6.45) is 3.20. The number of aryl methyl sites for hydroxylation is 2. The van der Waals surface area contributed by atoms with Gasteiger partial charge in [0.2, 0.25) is 5.75 Å². The van der Waals surface area contributed by atoms with E-state index in [1.54, 1.807) is 73.6 Å². The highest BCUT2D eigenvalue weighted by atomic mass is 79.9. The molecule has 13 nitrogen and oxygen atoms in total. The van der Waals surface area contributed by atoms with Crippen molar-refractivity contribution in [1.29, 1.82) is 0 Å². The van der Waals surface area contributed by atoms with Crippen molar-refractivity contribution >= 4 is 50.2 Å². The van der Waals surface area contributed by atoms with Crippen LogP contribution in [0.4, 0.5) is 0 Å². The molecule has 0 unspecified atom stereocenters. The number of ether oxygens (including phenoxy) is 5. The monoisotopic (exact) mass is 654 g/mol. The molecule has 0 spiro atoms. The van der Waals surface area contributed by atoms with Gasteiger partial charge in [-0.05, 0) is 55.8 Å². The third-order valence-electron chi connectivity index (χ3n) is 6.27. The van der Waals surface area contributed by atoms with E-state index in [2.05, 4.69) is 45.8 Å². The Kier molecular flexibility index (Phi) is 9.80. The number of methoxy groups -OCH3 is 3. The van der Waals surface area contributed by atoms with Crippen LogP contribution in [0.1, 0.15) is 46.0 Å².